The van der Waals surface area contributed by atoms with Gasteiger partial charge in [0, 0.05) is 12.1 Å². The van der Waals surface area contributed by atoms with Gasteiger partial charge in [-0.1, -0.05) is 48.5 Å². The van der Waals surface area contributed by atoms with Crippen LogP contribution in [0.2, 0.25) is 0 Å². The smallest absolute Gasteiger partial charge is 0.174 e. The van der Waals surface area contributed by atoms with E-state index in [9.17, 15) is 5.11 Å². The van der Waals surface area contributed by atoms with E-state index in [-0.39, 0.29) is 19.3 Å². The van der Waals surface area contributed by atoms with Crippen LogP contribution in [0, 0.1) is 11.3 Å². The molecule has 2 aromatic rings. The molecule has 0 bridgehead atoms. The van der Waals surface area contributed by atoms with Crippen LogP contribution in [0.15, 0.2) is 54.6 Å². The second-order valence-electron chi connectivity index (χ2n) is 4.58. The van der Waals surface area contributed by atoms with E-state index < -0.39 is 0 Å². The molecule has 0 fully saturated rings. The van der Waals surface area contributed by atoms with Gasteiger partial charge < -0.3 is 15.2 Å². The normalized spacial score (nSPS) is 11.6. The molecule has 1 atom stereocenters. The van der Waals surface area contributed by atoms with E-state index in [1.165, 1.54) is 0 Å². The summed E-state index contributed by atoms with van der Waals surface area (Å²) in [5.74, 6) is 0.691. The molecule has 0 radical (unpaired) electrons. The molecule has 0 saturated heterocycles. The van der Waals surface area contributed by atoms with Crippen LogP contribution in [-0.4, -0.2) is 18.3 Å². The second-order valence-corrected chi connectivity index (χ2v) is 4.58. The predicted molar refractivity (Wildman–Crippen MR) is 80.7 cm³/mol. The molecule has 0 saturated carbocycles. The Morgan fingerprint density at radius 3 is 2.52 bits per heavy atom. The number of aliphatic hydroxyl groups excluding tert-OH is 1. The molecule has 4 nitrogen and oxygen atoms in total. The molecule has 2 N–H and O–H groups in total. The zero-order chi connectivity index (χ0) is 14.9. The van der Waals surface area contributed by atoms with Crippen molar-refractivity contribution in [2.75, 3.05) is 13.2 Å². The topological polar surface area (TPSA) is 65.3 Å². The Hall–Kier alpha value is -2.35. The Morgan fingerprint density at radius 1 is 1.10 bits per heavy atom. The molecule has 2 aromatic carbocycles. The van der Waals surface area contributed by atoms with Gasteiger partial charge in [-0.2, -0.15) is 5.26 Å². The first kappa shape index (κ1) is 15.0. The number of nitrogens with zero attached hydrogens (tertiary/aromatic N) is 1. The highest BCUT2D eigenvalue weighted by Crippen LogP contribution is 2.19. The largest absolute Gasteiger partial charge is 0.478 e. The first-order chi connectivity index (χ1) is 10.3. The van der Waals surface area contributed by atoms with Crippen LogP contribution in [0.5, 0.6) is 5.75 Å². The lowest BCUT2D eigenvalue weighted by Gasteiger charge is -2.18. The third kappa shape index (κ3) is 4.32. The van der Waals surface area contributed by atoms with Crippen LogP contribution in [0.4, 0.5) is 0 Å². The molecule has 0 spiro atoms. The van der Waals surface area contributed by atoms with Crippen molar-refractivity contribution in [1.82, 2.24) is 5.32 Å². The van der Waals surface area contributed by atoms with Gasteiger partial charge in [0.25, 0.3) is 0 Å². The third-order valence-corrected chi connectivity index (χ3v) is 3.19. The molecule has 21 heavy (non-hydrogen) atoms. The molecule has 2 rings (SSSR count). The summed E-state index contributed by atoms with van der Waals surface area (Å²) in [7, 11) is 0. The maximum Gasteiger partial charge on any atom is 0.174 e. The maximum atomic E-state index is 9.53. The summed E-state index contributed by atoms with van der Waals surface area (Å²) >= 11 is 0. The van der Waals surface area contributed by atoms with Crippen molar-refractivity contribution in [2.45, 2.75) is 12.6 Å². The average molecular weight is 282 g/mol. The van der Waals surface area contributed by atoms with Gasteiger partial charge in [-0.25, -0.2) is 0 Å². The number of benzene rings is 2. The number of nitrogens with one attached hydrogen (secondary N) is 1. The number of aliphatic hydroxyl groups is 1. The number of ether oxygens (including phenoxy) is 1. The monoisotopic (exact) mass is 282 g/mol. The molecule has 108 valence electrons. The van der Waals surface area contributed by atoms with Crippen LogP contribution in [-0.2, 0) is 6.54 Å². The van der Waals surface area contributed by atoms with Crippen molar-refractivity contribution >= 4 is 0 Å². The van der Waals surface area contributed by atoms with Crippen molar-refractivity contribution in [2.24, 2.45) is 0 Å². The minimum Gasteiger partial charge on any atom is -0.478 e. The zero-order valence-corrected chi connectivity index (χ0v) is 11.7. The van der Waals surface area contributed by atoms with E-state index in [4.69, 9.17) is 10.00 Å². The summed E-state index contributed by atoms with van der Waals surface area (Å²) in [6.07, 6.45) is 0. The average Bonchev–Trinajstić information content (AvgIpc) is 2.55. The summed E-state index contributed by atoms with van der Waals surface area (Å²) in [4.78, 5) is 0. The van der Waals surface area contributed by atoms with E-state index in [1.54, 1.807) is 0 Å². The summed E-state index contributed by atoms with van der Waals surface area (Å²) in [6.45, 7) is 0.603. The van der Waals surface area contributed by atoms with Gasteiger partial charge in [0.15, 0.2) is 6.61 Å². The molecule has 0 amide bonds. The van der Waals surface area contributed by atoms with Crippen molar-refractivity contribution in [1.29, 1.82) is 5.26 Å². The molecule has 1 unspecified atom stereocenters. The maximum absolute atomic E-state index is 9.53. The Morgan fingerprint density at radius 2 is 1.81 bits per heavy atom. The number of para-hydroxylation sites is 1. The lowest BCUT2D eigenvalue weighted by atomic mass is 10.1. The van der Waals surface area contributed by atoms with Crippen molar-refractivity contribution in [3.63, 3.8) is 0 Å². The lowest BCUT2D eigenvalue weighted by Crippen LogP contribution is -2.24. The third-order valence-electron chi connectivity index (χ3n) is 3.19. The highest BCUT2D eigenvalue weighted by molar-refractivity contribution is 5.33. The molecular formula is C17H18N2O2. The Bertz CT molecular complexity index is 593. The Labute approximate surface area is 124 Å². The van der Waals surface area contributed by atoms with E-state index in [2.05, 4.69) is 5.32 Å². The second kappa shape index (κ2) is 8.05. The molecule has 0 heterocycles. The minimum absolute atomic E-state index is 0.0191. The first-order valence-corrected chi connectivity index (χ1v) is 6.82. The summed E-state index contributed by atoms with van der Waals surface area (Å²) in [5, 5.41) is 21.4. The van der Waals surface area contributed by atoms with Gasteiger partial charge in [0.2, 0.25) is 0 Å². The standard InChI is InChI=1S/C17H18N2O2/c18-10-11-21-17-9-5-4-8-15(17)12-19-16(13-20)14-6-2-1-3-7-14/h1-9,16,19-20H,11-13H2. The summed E-state index contributed by atoms with van der Waals surface area (Å²) < 4.78 is 5.39. The van der Waals surface area contributed by atoms with Crippen molar-refractivity contribution in [3.05, 3.63) is 65.7 Å². The fourth-order valence-electron chi connectivity index (χ4n) is 2.11. The zero-order valence-electron chi connectivity index (χ0n) is 11.7. The quantitative estimate of drug-likeness (QED) is 0.818. The van der Waals surface area contributed by atoms with Crippen molar-refractivity contribution < 1.29 is 9.84 Å². The molecule has 0 aromatic heterocycles. The molecular weight excluding hydrogens is 264 g/mol. The van der Waals surface area contributed by atoms with Gasteiger partial charge in [0.05, 0.1) is 12.6 Å². The fraction of sp³-hybridized carbons (Fsp3) is 0.235. The van der Waals surface area contributed by atoms with Crippen LogP contribution in [0.25, 0.3) is 0 Å². The Kier molecular flexibility index (Phi) is 5.77. The van der Waals surface area contributed by atoms with Crippen molar-refractivity contribution in [3.8, 4) is 11.8 Å². The van der Waals surface area contributed by atoms with Crippen LogP contribution in [0.1, 0.15) is 17.2 Å². The molecule has 0 aliphatic heterocycles. The highest BCUT2D eigenvalue weighted by atomic mass is 16.5. The molecule has 0 aliphatic carbocycles. The van der Waals surface area contributed by atoms with E-state index >= 15 is 0 Å². The van der Waals surface area contributed by atoms with Crippen LogP contribution < -0.4 is 10.1 Å². The summed E-state index contributed by atoms with van der Waals surface area (Å²) in [6, 6.07) is 19.2. The van der Waals surface area contributed by atoms with Gasteiger partial charge in [-0.05, 0) is 11.6 Å². The van der Waals surface area contributed by atoms with Gasteiger partial charge >= 0.3 is 0 Å². The number of hydrogen-bond donors (Lipinski definition) is 2. The highest BCUT2D eigenvalue weighted by Gasteiger charge is 2.10. The lowest BCUT2D eigenvalue weighted by molar-refractivity contribution is 0.243. The number of nitriles is 1. The molecule has 4 heteroatoms. The summed E-state index contributed by atoms with van der Waals surface area (Å²) in [5.41, 5.74) is 2.00. The predicted octanol–water partition coefficient (Wildman–Crippen LogP) is 2.41. The number of hydrogen-bond acceptors (Lipinski definition) is 4. The SMILES string of the molecule is N#CCOc1ccccc1CNC(CO)c1ccccc1. The number of rotatable bonds is 7. The minimum atomic E-state index is -0.129. The van der Waals surface area contributed by atoms with E-state index in [0.29, 0.717) is 12.3 Å². The van der Waals surface area contributed by atoms with E-state index in [0.717, 1.165) is 11.1 Å². The van der Waals surface area contributed by atoms with Crippen LogP contribution in [0.3, 0.4) is 0 Å². The van der Waals surface area contributed by atoms with Gasteiger partial charge in [0.1, 0.15) is 11.8 Å². The van der Waals surface area contributed by atoms with E-state index in [1.807, 2.05) is 60.7 Å². The fourth-order valence-corrected chi connectivity index (χ4v) is 2.11. The van der Waals surface area contributed by atoms with Crippen LogP contribution >= 0.6 is 0 Å². The Balaban J connectivity index is 2.03. The molecule has 0 aliphatic rings. The van der Waals surface area contributed by atoms with Gasteiger partial charge in [-0.3, -0.25) is 0 Å². The van der Waals surface area contributed by atoms with Gasteiger partial charge in [-0.15, -0.1) is 0 Å². The first-order valence-electron chi connectivity index (χ1n) is 6.82.